The summed E-state index contributed by atoms with van der Waals surface area (Å²) in [6, 6.07) is 1.95. The molecule has 5 heteroatoms. The van der Waals surface area contributed by atoms with Crippen molar-refractivity contribution in [1.29, 1.82) is 0 Å². The molecule has 1 aromatic heterocycles. The van der Waals surface area contributed by atoms with E-state index in [1.165, 1.54) is 0 Å². The fraction of sp³-hybridized carbons (Fsp3) is 0.636. The average Bonchev–Trinajstić information content (AvgIpc) is 2.73. The van der Waals surface area contributed by atoms with Gasteiger partial charge in [-0.3, -0.25) is 9.48 Å². The Morgan fingerprint density at radius 1 is 1.50 bits per heavy atom. The molecule has 1 aliphatic rings. The zero-order chi connectivity index (χ0) is 11.4. The lowest BCUT2D eigenvalue weighted by molar-refractivity contribution is -0.132. The van der Waals surface area contributed by atoms with Crippen LogP contribution in [0.15, 0.2) is 12.3 Å². The van der Waals surface area contributed by atoms with Crippen LogP contribution in [0.25, 0.3) is 0 Å². The number of piperazine rings is 1. The van der Waals surface area contributed by atoms with E-state index < -0.39 is 0 Å². The van der Waals surface area contributed by atoms with Crippen LogP contribution in [0, 0.1) is 6.92 Å². The summed E-state index contributed by atoms with van der Waals surface area (Å²) in [4.78, 5) is 13.8. The second-order valence-electron chi connectivity index (χ2n) is 4.08. The van der Waals surface area contributed by atoms with Crippen LogP contribution in [0.3, 0.4) is 0 Å². The molecule has 88 valence electrons. The summed E-state index contributed by atoms with van der Waals surface area (Å²) in [7, 11) is 0. The molecule has 0 atom stereocenters. The molecule has 5 nitrogen and oxygen atoms in total. The van der Waals surface area contributed by atoms with Crippen molar-refractivity contribution >= 4 is 5.91 Å². The first-order valence-corrected chi connectivity index (χ1v) is 5.74. The molecule has 0 aromatic carbocycles. The highest BCUT2D eigenvalue weighted by molar-refractivity contribution is 5.76. The first-order chi connectivity index (χ1) is 7.77. The molecule has 1 aliphatic heterocycles. The number of aryl methyl sites for hydroxylation is 2. The molecule has 0 spiro atoms. The fourth-order valence-corrected chi connectivity index (χ4v) is 1.91. The molecule has 1 aromatic rings. The van der Waals surface area contributed by atoms with Gasteiger partial charge in [0.05, 0.1) is 0 Å². The van der Waals surface area contributed by atoms with Crippen molar-refractivity contribution in [3.63, 3.8) is 0 Å². The molecule has 1 saturated heterocycles. The lowest BCUT2D eigenvalue weighted by atomic mass is 10.3. The lowest BCUT2D eigenvalue weighted by Gasteiger charge is -2.27. The van der Waals surface area contributed by atoms with Crippen LogP contribution in [0.1, 0.15) is 12.1 Å². The highest BCUT2D eigenvalue weighted by Gasteiger charge is 2.15. The van der Waals surface area contributed by atoms with Gasteiger partial charge in [-0.2, -0.15) is 5.10 Å². The summed E-state index contributed by atoms with van der Waals surface area (Å²) in [5, 5.41) is 7.40. The highest BCUT2D eigenvalue weighted by atomic mass is 16.2. The minimum absolute atomic E-state index is 0.233. The number of nitrogens with zero attached hydrogens (tertiary/aromatic N) is 3. The molecule has 1 N–H and O–H groups in total. The van der Waals surface area contributed by atoms with E-state index in [9.17, 15) is 4.79 Å². The minimum atomic E-state index is 0.233. The van der Waals surface area contributed by atoms with Gasteiger partial charge < -0.3 is 10.2 Å². The summed E-state index contributed by atoms with van der Waals surface area (Å²) in [5.74, 6) is 0.233. The summed E-state index contributed by atoms with van der Waals surface area (Å²) in [6.07, 6.45) is 2.31. The van der Waals surface area contributed by atoms with Gasteiger partial charge in [-0.25, -0.2) is 0 Å². The Bertz CT molecular complexity index is 355. The maximum absolute atomic E-state index is 11.9. The third-order valence-corrected chi connectivity index (χ3v) is 2.94. The molecule has 0 radical (unpaired) electrons. The van der Waals surface area contributed by atoms with Crippen molar-refractivity contribution in [2.24, 2.45) is 0 Å². The predicted octanol–water partition coefficient (Wildman–Crippen LogP) is 0.0134. The fourth-order valence-electron chi connectivity index (χ4n) is 1.91. The summed E-state index contributed by atoms with van der Waals surface area (Å²) < 4.78 is 1.88. The Morgan fingerprint density at radius 2 is 2.25 bits per heavy atom. The number of carbonyl (C=O) groups is 1. The first-order valence-electron chi connectivity index (χ1n) is 5.74. The molecule has 2 heterocycles. The van der Waals surface area contributed by atoms with E-state index in [1.807, 2.05) is 22.6 Å². The van der Waals surface area contributed by atoms with Crippen LogP contribution in [0.2, 0.25) is 0 Å². The second-order valence-corrected chi connectivity index (χ2v) is 4.08. The third kappa shape index (κ3) is 2.61. The van der Waals surface area contributed by atoms with Gasteiger partial charge in [-0.05, 0) is 13.0 Å². The van der Waals surface area contributed by atoms with E-state index in [1.54, 1.807) is 6.20 Å². The van der Waals surface area contributed by atoms with Crippen molar-refractivity contribution in [1.82, 2.24) is 20.0 Å². The van der Waals surface area contributed by atoms with Crippen molar-refractivity contribution in [2.45, 2.75) is 19.9 Å². The first kappa shape index (κ1) is 11.1. The second kappa shape index (κ2) is 5.12. The van der Waals surface area contributed by atoms with Crippen LogP contribution in [-0.4, -0.2) is 46.8 Å². The Hall–Kier alpha value is -1.36. The van der Waals surface area contributed by atoms with E-state index in [4.69, 9.17) is 0 Å². The summed E-state index contributed by atoms with van der Waals surface area (Å²) >= 11 is 0. The zero-order valence-electron chi connectivity index (χ0n) is 9.65. The number of rotatable bonds is 3. The van der Waals surface area contributed by atoms with Crippen molar-refractivity contribution in [2.75, 3.05) is 26.2 Å². The molecule has 0 bridgehead atoms. The average molecular weight is 222 g/mol. The van der Waals surface area contributed by atoms with Crippen molar-refractivity contribution in [3.8, 4) is 0 Å². The van der Waals surface area contributed by atoms with E-state index in [-0.39, 0.29) is 5.91 Å². The Labute approximate surface area is 95.4 Å². The van der Waals surface area contributed by atoms with E-state index in [0.29, 0.717) is 13.0 Å². The summed E-state index contributed by atoms with van der Waals surface area (Å²) in [5.41, 5.74) is 1.10. The van der Waals surface area contributed by atoms with Crippen LogP contribution < -0.4 is 5.32 Å². The molecule has 1 amide bonds. The topological polar surface area (TPSA) is 50.2 Å². The minimum Gasteiger partial charge on any atom is -0.340 e. The van der Waals surface area contributed by atoms with Gasteiger partial charge >= 0.3 is 0 Å². The van der Waals surface area contributed by atoms with Gasteiger partial charge in [-0.15, -0.1) is 0 Å². The van der Waals surface area contributed by atoms with Gasteiger partial charge in [0.25, 0.3) is 0 Å². The zero-order valence-corrected chi connectivity index (χ0v) is 9.65. The van der Waals surface area contributed by atoms with Crippen LogP contribution in [0.5, 0.6) is 0 Å². The number of nitrogens with one attached hydrogen (secondary N) is 1. The Balaban J connectivity index is 1.81. The Kier molecular flexibility index (Phi) is 3.56. The van der Waals surface area contributed by atoms with Gasteiger partial charge in [-0.1, -0.05) is 0 Å². The molecule has 0 saturated carbocycles. The molecule has 2 rings (SSSR count). The molecule has 1 fully saturated rings. The number of hydrogen-bond acceptors (Lipinski definition) is 3. The van der Waals surface area contributed by atoms with E-state index in [0.717, 1.165) is 31.9 Å². The largest absolute Gasteiger partial charge is 0.340 e. The number of hydrogen-bond donors (Lipinski definition) is 1. The number of aromatic nitrogens is 2. The maximum Gasteiger partial charge on any atom is 0.224 e. The Morgan fingerprint density at radius 3 is 2.88 bits per heavy atom. The van der Waals surface area contributed by atoms with Crippen LogP contribution >= 0.6 is 0 Å². The van der Waals surface area contributed by atoms with Crippen molar-refractivity contribution in [3.05, 3.63) is 18.0 Å². The molecule has 0 aliphatic carbocycles. The monoisotopic (exact) mass is 222 g/mol. The standard InChI is InChI=1S/C11H18N4O/c1-10-2-4-13-15(10)7-3-11(16)14-8-5-12-6-9-14/h2,4,12H,3,5-9H2,1H3. The van der Waals surface area contributed by atoms with Gasteiger partial charge in [0, 0.05) is 51.0 Å². The number of carbonyl (C=O) groups excluding carboxylic acids is 1. The van der Waals surface area contributed by atoms with Crippen LogP contribution in [-0.2, 0) is 11.3 Å². The van der Waals surface area contributed by atoms with Crippen LogP contribution in [0.4, 0.5) is 0 Å². The smallest absolute Gasteiger partial charge is 0.224 e. The van der Waals surface area contributed by atoms with E-state index >= 15 is 0 Å². The normalized spacial score (nSPS) is 16.4. The third-order valence-electron chi connectivity index (χ3n) is 2.94. The predicted molar refractivity (Wildman–Crippen MR) is 61.0 cm³/mol. The maximum atomic E-state index is 11.9. The molecule has 0 unspecified atom stereocenters. The molecule has 16 heavy (non-hydrogen) atoms. The number of amides is 1. The van der Waals surface area contributed by atoms with Gasteiger partial charge in [0.2, 0.25) is 5.91 Å². The van der Waals surface area contributed by atoms with Gasteiger partial charge in [0.1, 0.15) is 0 Å². The van der Waals surface area contributed by atoms with Crippen molar-refractivity contribution < 1.29 is 4.79 Å². The quantitative estimate of drug-likeness (QED) is 0.784. The lowest BCUT2D eigenvalue weighted by Crippen LogP contribution is -2.46. The summed E-state index contributed by atoms with van der Waals surface area (Å²) in [6.45, 7) is 6.16. The molecular weight excluding hydrogens is 204 g/mol. The molecular formula is C11H18N4O. The SMILES string of the molecule is Cc1ccnn1CCC(=O)N1CCNCC1. The van der Waals surface area contributed by atoms with E-state index in [2.05, 4.69) is 10.4 Å². The van der Waals surface area contributed by atoms with Gasteiger partial charge in [0.15, 0.2) is 0 Å². The highest BCUT2D eigenvalue weighted by Crippen LogP contribution is 2.01.